The third kappa shape index (κ3) is 9.28. The van der Waals surface area contributed by atoms with Gasteiger partial charge in [0.2, 0.25) is 11.8 Å². The van der Waals surface area contributed by atoms with E-state index in [1.54, 1.807) is 76.6 Å². The Kier molecular flexibility index (Phi) is 11.8. The highest BCUT2D eigenvalue weighted by molar-refractivity contribution is 6.43. The third-order valence-corrected chi connectivity index (χ3v) is 6.57. The third-order valence-electron chi connectivity index (χ3n) is 6.57. The van der Waals surface area contributed by atoms with E-state index in [9.17, 15) is 24.4 Å². The summed E-state index contributed by atoms with van der Waals surface area (Å²) >= 11 is 0. The van der Waals surface area contributed by atoms with Crippen LogP contribution in [0.15, 0.2) is 67.1 Å². The summed E-state index contributed by atoms with van der Waals surface area (Å²) in [6.07, 6.45) is 4.31. The molecule has 3 aromatic rings. The Morgan fingerprint density at radius 1 is 0.810 bits per heavy atom. The van der Waals surface area contributed by atoms with Crippen LogP contribution < -0.4 is 25.4 Å². The number of nitrogens with one attached hydrogen (secondary N) is 3. The topological polar surface area (TPSA) is 172 Å². The molecule has 222 valence electrons. The molecule has 13 heteroatoms. The van der Waals surface area contributed by atoms with Crippen molar-refractivity contribution >= 4 is 24.8 Å². The van der Waals surface area contributed by atoms with Gasteiger partial charge in [-0.25, -0.2) is 4.98 Å². The highest BCUT2D eigenvalue weighted by Gasteiger charge is 2.33. The summed E-state index contributed by atoms with van der Waals surface area (Å²) < 4.78 is 10.3. The molecule has 2 aromatic carbocycles. The van der Waals surface area contributed by atoms with Gasteiger partial charge in [0.1, 0.15) is 29.3 Å². The normalized spacial score (nSPS) is 12.9. The highest BCUT2D eigenvalue weighted by Crippen LogP contribution is 2.15. The van der Waals surface area contributed by atoms with Gasteiger partial charge >= 0.3 is 7.12 Å². The molecule has 0 unspecified atom stereocenters. The Bertz CT molecular complexity index is 1310. The summed E-state index contributed by atoms with van der Waals surface area (Å²) in [5.74, 6) is -1.96. The van der Waals surface area contributed by atoms with Crippen molar-refractivity contribution in [2.45, 2.75) is 44.7 Å². The maximum Gasteiger partial charge on any atom is 0.475 e. The molecule has 1 heterocycles. The fourth-order valence-electron chi connectivity index (χ4n) is 4.16. The Balaban J connectivity index is 1.77. The van der Waals surface area contributed by atoms with Gasteiger partial charge in [-0.1, -0.05) is 38.1 Å². The number of amides is 3. The highest BCUT2D eigenvalue weighted by atomic mass is 16.5. The fourth-order valence-corrected chi connectivity index (χ4v) is 4.16. The van der Waals surface area contributed by atoms with Crippen LogP contribution >= 0.6 is 0 Å². The molecular weight excluding hydrogens is 541 g/mol. The van der Waals surface area contributed by atoms with Gasteiger partial charge in [0.05, 0.1) is 26.4 Å². The van der Waals surface area contributed by atoms with Gasteiger partial charge in [0, 0.05) is 18.8 Å². The minimum absolute atomic E-state index is 0.0292. The lowest BCUT2D eigenvalue weighted by molar-refractivity contribution is -0.131. The first-order valence-corrected chi connectivity index (χ1v) is 13.4. The maximum absolute atomic E-state index is 13.6. The number of methoxy groups -OCH3 is 2. The zero-order valence-electron chi connectivity index (χ0n) is 24.0. The Morgan fingerprint density at radius 2 is 1.38 bits per heavy atom. The van der Waals surface area contributed by atoms with E-state index in [2.05, 4.69) is 25.9 Å². The van der Waals surface area contributed by atoms with Crippen LogP contribution in [0.1, 0.15) is 35.5 Å². The van der Waals surface area contributed by atoms with Crippen LogP contribution in [0, 0.1) is 5.92 Å². The molecule has 3 rings (SSSR count). The summed E-state index contributed by atoms with van der Waals surface area (Å²) in [5.41, 5.74) is 1.51. The van der Waals surface area contributed by atoms with Gasteiger partial charge < -0.3 is 35.5 Å². The van der Waals surface area contributed by atoms with Gasteiger partial charge in [-0.2, -0.15) is 0 Å². The van der Waals surface area contributed by atoms with Crippen LogP contribution in [0.25, 0.3) is 0 Å². The standard InChI is InChI=1S/C29H36BN5O7/c1-18(2)26(29(38)34-25(30(39)40)16-20-7-11-22(42-4)12-8-20)35-27(36)23(15-19-5-9-21(41-3)10-6-19)33-28(37)24-17-31-13-14-32-24/h5-14,17-18,23,25-26,39-40H,15-16H2,1-4H3,(H,33,37)(H,34,38)(H,35,36)/t23-,25-,26-/m0/s1. The lowest BCUT2D eigenvalue weighted by Gasteiger charge is -2.27. The average molecular weight is 577 g/mol. The number of ether oxygens (including phenoxy) is 2. The van der Waals surface area contributed by atoms with E-state index in [1.807, 2.05) is 0 Å². The minimum Gasteiger partial charge on any atom is -0.497 e. The number of nitrogens with zero attached hydrogens (tertiary/aromatic N) is 2. The summed E-state index contributed by atoms with van der Waals surface area (Å²) in [6.45, 7) is 3.49. The van der Waals surface area contributed by atoms with Crippen molar-refractivity contribution in [3.8, 4) is 11.5 Å². The van der Waals surface area contributed by atoms with Crippen molar-refractivity contribution in [2.75, 3.05) is 14.2 Å². The molecule has 0 radical (unpaired) electrons. The van der Waals surface area contributed by atoms with Crippen molar-refractivity contribution < 1.29 is 33.9 Å². The van der Waals surface area contributed by atoms with E-state index in [4.69, 9.17) is 9.47 Å². The number of aromatic nitrogens is 2. The van der Waals surface area contributed by atoms with Gasteiger partial charge in [0.15, 0.2) is 0 Å². The lowest BCUT2D eigenvalue weighted by atomic mass is 9.75. The quantitative estimate of drug-likeness (QED) is 0.173. The second-order valence-corrected chi connectivity index (χ2v) is 9.98. The van der Waals surface area contributed by atoms with Gasteiger partial charge in [-0.15, -0.1) is 0 Å². The van der Waals surface area contributed by atoms with E-state index in [1.165, 1.54) is 18.6 Å². The van der Waals surface area contributed by atoms with Crippen molar-refractivity contribution in [2.24, 2.45) is 5.92 Å². The number of hydrogen-bond donors (Lipinski definition) is 5. The first-order chi connectivity index (χ1) is 20.1. The number of benzene rings is 2. The minimum atomic E-state index is -1.85. The predicted molar refractivity (Wildman–Crippen MR) is 156 cm³/mol. The van der Waals surface area contributed by atoms with Crippen LogP contribution in [-0.2, 0) is 22.4 Å². The van der Waals surface area contributed by atoms with Crippen LogP contribution in [-0.4, -0.2) is 77.1 Å². The molecule has 3 amide bonds. The summed E-state index contributed by atoms with van der Waals surface area (Å²) in [7, 11) is 1.23. The number of carbonyl (C=O) groups excluding carboxylic acids is 3. The van der Waals surface area contributed by atoms with Crippen molar-refractivity contribution in [3.63, 3.8) is 0 Å². The average Bonchev–Trinajstić information content (AvgIpc) is 2.99. The molecule has 0 spiro atoms. The molecule has 5 N–H and O–H groups in total. The molecule has 0 bridgehead atoms. The molecule has 12 nitrogen and oxygen atoms in total. The molecular formula is C29H36BN5O7. The fraction of sp³-hybridized carbons (Fsp3) is 0.345. The monoisotopic (exact) mass is 577 g/mol. The van der Waals surface area contributed by atoms with Crippen LogP contribution in [0.4, 0.5) is 0 Å². The van der Waals surface area contributed by atoms with Gasteiger partial charge in [-0.3, -0.25) is 19.4 Å². The Morgan fingerprint density at radius 3 is 1.86 bits per heavy atom. The molecule has 0 saturated heterocycles. The largest absolute Gasteiger partial charge is 0.497 e. The van der Waals surface area contributed by atoms with Crippen LogP contribution in [0.3, 0.4) is 0 Å². The smallest absolute Gasteiger partial charge is 0.475 e. The number of carbonyl (C=O) groups is 3. The molecule has 0 aliphatic carbocycles. The molecule has 42 heavy (non-hydrogen) atoms. The van der Waals surface area contributed by atoms with E-state index < -0.39 is 42.9 Å². The zero-order valence-corrected chi connectivity index (χ0v) is 24.0. The summed E-state index contributed by atoms with van der Waals surface area (Å²) in [4.78, 5) is 47.7. The Hall–Kier alpha value is -4.49. The molecule has 3 atom stereocenters. The van der Waals surface area contributed by atoms with Crippen molar-refractivity contribution in [3.05, 3.63) is 83.9 Å². The lowest BCUT2D eigenvalue weighted by Crippen LogP contribution is -2.59. The van der Waals surface area contributed by atoms with Gasteiger partial charge in [-0.05, 0) is 47.7 Å². The van der Waals surface area contributed by atoms with E-state index in [0.29, 0.717) is 11.5 Å². The maximum atomic E-state index is 13.6. The zero-order chi connectivity index (χ0) is 30.6. The number of hydrogen-bond acceptors (Lipinski definition) is 9. The molecule has 0 fully saturated rings. The molecule has 1 aromatic heterocycles. The molecule has 0 aliphatic rings. The van der Waals surface area contributed by atoms with E-state index in [-0.39, 0.29) is 24.5 Å². The SMILES string of the molecule is COc1ccc(C[C@H](NC(=O)[C@@H](NC(=O)[C@H](Cc2ccc(OC)cc2)NC(=O)c2cnccn2)C(C)C)B(O)O)cc1. The van der Waals surface area contributed by atoms with Crippen LogP contribution in [0.2, 0.25) is 0 Å². The van der Waals surface area contributed by atoms with Crippen LogP contribution in [0.5, 0.6) is 11.5 Å². The van der Waals surface area contributed by atoms with Gasteiger partial charge in [0.25, 0.3) is 5.91 Å². The summed E-state index contributed by atoms with van der Waals surface area (Å²) in [6, 6.07) is 11.9. The predicted octanol–water partition coefficient (Wildman–Crippen LogP) is 0.715. The first-order valence-electron chi connectivity index (χ1n) is 13.4. The van der Waals surface area contributed by atoms with Crippen molar-refractivity contribution in [1.29, 1.82) is 0 Å². The Labute approximate surface area is 245 Å². The molecule has 0 aliphatic heterocycles. The molecule has 0 saturated carbocycles. The van der Waals surface area contributed by atoms with E-state index >= 15 is 0 Å². The van der Waals surface area contributed by atoms with E-state index in [0.717, 1.165) is 11.1 Å². The number of rotatable bonds is 14. The van der Waals surface area contributed by atoms with Crippen molar-refractivity contribution in [1.82, 2.24) is 25.9 Å². The second-order valence-electron chi connectivity index (χ2n) is 9.98. The second kappa shape index (κ2) is 15.5. The first kappa shape index (κ1) is 32.0. The summed E-state index contributed by atoms with van der Waals surface area (Å²) in [5, 5.41) is 28.0.